The number of aryl methyl sites for hydroxylation is 3. The van der Waals surface area contributed by atoms with Gasteiger partial charge in [-0.25, -0.2) is 4.39 Å². The zero-order valence-electron chi connectivity index (χ0n) is 20.4. The van der Waals surface area contributed by atoms with Crippen molar-refractivity contribution >= 4 is 22.4 Å². The molecule has 4 aromatic rings. The molecule has 0 bridgehead atoms. The van der Waals surface area contributed by atoms with Gasteiger partial charge in [-0.3, -0.25) is 0 Å². The van der Waals surface area contributed by atoms with Gasteiger partial charge in [-0.2, -0.15) is 0 Å². The van der Waals surface area contributed by atoms with Gasteiger partial charge in [0.2, 0.25) is 0 Å². The van der Waals surface area contributed by atoms with Crippen molar-refractivity contribution in [1.29, 1.82) is 0 Å². The van der Waals surface area contributed by atoms with Crippen LogP contribution < -0.4 is 0 Å². The van der Waals surface area contributed by atoms with Crippen molar-refractivity contribution in [3.8, 4) is 11.8 Å². The first-order chi connectivity index (χ1) is 17.1. The number of rotatable bonds is 9. The van der Waals surface area contributed by atoms with Crippen LogP contribution in [0.25, 0.3) is 10.8 Å². The Morgan fingerprint density at radius 1 is 0.657 bits per heavy atom. The third-order valence-corrected chi connectivity index (χ3v) is 6.75. The third kappa shape index (κ3) is 7.20. The number of halogens is 2. The number of benzene rings is 4. The van der Waals surface area contributed by atoms with E-state index >= 15 is 4.39 Å². The zero-order chi connectivity index (χ0) is 24.5. The summed E-state index contributed by atoms with van der Waals surface area (Å²) in [4.78, 5) is 0. The maximum atomic E-state index is 15.1. The number of hydrogen-bond donors (Lipinski definition) is 0. The van der Waals surface area contributed by atoms with E-state index in [1.807, 2.05) is 30.3 Å². The van der Waals surface area contributed by atoms with Gasteiger partial charge in [-0.1, -0.05) is 105 Å². The molecule has 0 saturated heterocycles. The van der Waals surface area contributed by atoms with E-state index in [0.29, 0.717) is 16.0 Å². The van der Waals surface area contributed by atoms with Gasteiger partial charge in [0.1, 0.15) is 5.82 Å². The van der Waals surface area contributed by atoms with E-state index in [2.05, 4.69) is 49.1 Å². The molecule has 2 heteroatoms. The molecule has 4 rings (SSSR count). The normalized spacial score (nSPS) is 10.8. The van der Waals surface area contributed by atoms with Gasteiger partial charge in [-0.05, 0) is 78.1 Å². The van der Waals surface area contributed by atoms with Crippen LogP contribution in [0.4, 0.5) is 4.39 Å². The molecule has 0 saturated carbocycles. The fourth-order valence-electron chi connectivity index (χ4n) is 4.36. The fourth-order valence-corrected chi connectivity index (χ4v) is 4.49. The lowest BCUT2D eigenvalue weighted by atomic mass is 9.98. The Bertz CT molecular complexity index is 1310. The summed E-state index contributed by atoms with van der Waals surface area (Å²) in [6, 6.07) is 26.1. The molecule has 35 heavy (non-hydrogen) atoms. The predicted octanol–water partition coefficient (Wildman–Crippen LogP) is 9.33. The first-order valence-corrected chi connectivity index (χ1v) is 13.1. The molecule has 0 aliphatic rings. The molecule has 178 valence electrons. The standard InChI is InChI=1S/C33H32ClF/c1-2-3-4-5-6-7-25-8-10-26(11-9-25)12-13-28-17-23-32-30(24-28)20-19-29(33(32)35)18-14-27-15-21-31(34)22-16-27/h8-11,15-17,19-24H,2-7,12-13H2,1H3. The van der Waals surface area contributed by atoms with E-state index in [4.69, 9.17) is 11.6 Å². The monoisotopic (exact) mass is 482 g/mol. The minimum absolute atomic E-state index is 0.263. The quantitative estimate of drug-likeness (QED) is 0.164. The smallest absolute Gasteiger partial charge is 0.146 e. The molecular formula is C33H32ClF. The van der Waals surface area contributed by atoms with Crippen LogP contribution in [0.5, 0.6) is 0 Å². The summed E-state index contributed by atoms with van der Waals surface area (Å²) in [5.41, 5.74) is 5.21. The van der Waals surface area contributed by atoms with E-state index in [1.165, 1.54) is 55.2 Å². The van der Waals surface area contributed by atoms with Crippen LogP contribution >= 0.6 is 11.6 Å². The van der Waals surface area contributed by atoms with E-state index in [1.54, 1.807) is 18.2 Å². The Hall–Kier alpha value is -3.08. The summed E-state index contributed by atoms with van der Waals surface area (Å²) in [6.45, 7) is 2.26. The van der Waals surface area contributed by atoms with Gasteiger partial charge in [0, 0.05) is 16.0 Å². The molecule has 0 amide bonds. The van der Waals surface area contributed by atoms with Gasteiger partial charge < -0.3 is 0 Å². The zero-order valence-corrected chi connectivity index (χ0v) is 21.2. The molecule has 0 fully saturated rings. The Balaban J connectivity index is 1.37. The highest BCUT2D eigenvalue weighted by Gasteiger charge is 2.07. The van der Waals surface area contributed by atoms with Gasteiger partial charge in [-0.15, -0.1) is 0 Å². The van der Waals surface area contributed by atoms with E-state index < -0.39 is 0 Å². The molecule has 0 aromatic heterocycles. The maximum Gasteiger partial charge on any atom is 0.146 e. The fraction of sp³-hybridized carbons (Fsp3) is 0.273. The lowest BCUT2D eigenvalue weighted by Gasteiger charge is -2.07. The summed E-state index contributed by atoms with van der Waals surface area (Å²) in [5, 5.41) is 2.18. The lowest BCUT2D eigenvalue weighted by Crippen LogP contribution is -1.94. The van der Waals surface area contributed by atoms with Crippen molar-refractivity contribution < 1.29 is 4.39 Å². The molecule has 4 aromatic carbocycles. The van der Waals surface area contributed by atoms with Crippen LogP contribution in [0.3, 0.4) is 0 Å². The van der Waals surface area contributed by atoms with Crippen LogP contribution in [0, 0.1) is 17.7 Å². The predicted molar refractivity (Wildman–Crippen MR) is 148 cm³/mol. The van der Waals surface area contributed by atoms with Gasteiger partial charge in [0.25, 0.3) is 0 Å². The van der Waals surface area contributed by atoms with Crippen molar-refractivity contribution in [2.45, 2.75) is 58.3 Å². The summed E-state index contributed by atoms with van der Waals surface area (Å²) in [6.07, 6.45) is 9.69. The minimum atomic E-state index is -0.263. The Morgan fingerprint density at radius 3 is 2.06 bits per heavy atom. The SMILES string of the molecule is CCCCCCCc1ccc(CCc2ccc3c(F)c(C#Cc4ccc(Cl)cc4)ccc3c2)cc1. The molecule has 0 nitrogen and oxygen atoms in total. The second-order valence-corrected chi connectivity index (χ2v) is 9.66. The van der Waals surface area contributed by atoms with Crippen LogP contribution in [0.1, 0.15) is 66.8 Å². The Kier molecular flexibility index (Phi) is 8.99. The van der Waals surface area contributed by atoms with Crippen LogP contribution in [0.2, 0.25) is 5.02 Å². The molecule has 0 aliphatic heterocycles. The van der Waals surface area contributed by atoms with Gasteiger partial charge >= 0.3 is 0 Å². The second kappa shape index (κ2) is 12.6. The summed E-state index contributed by atoms with van der Waals surface area (Å²) >= 11 is 5.92. The van der Waals surface area contributed by atoms with Crippen LogP contribution in [0.15, 0.2) is 78.9 Å². The molecule has 0 spiro atoms. The Morgan fingerprint density at radius 2 is 1.31 bits per heavy atom. The number of hydrogen-bond acceptors (Lipinski definition) is 0. The van der Waals surface area contributed by atoms with E-state index in [9.17, 15) is 0 Å². The highest BCUT2D eigenvalue weighted by Crippen LogP contribution is 2.23. The van der Waals surface area contributed by atoms with Crippen molar-refractivity contribution in [3.63, 3.8) is 0 Å². The molecule has 0 atom stereocenters. The number of fused-ring (bicyclic) bond motifs is 1. The molecule has 0 unspecified atom stereocenters. The first kappa shape index (κ1) is 25.0. The molecular weight excluding hydrogens is 451 g/mol. The molecule has 0 heterocycles. The average molecular weight is 483 g/mol. The molecule has 0 N–H and O–H groups in total. The van der Waals surface area contributed by atoms with Crippen molar-refractivity contribution in [3.05, 3.63) is 118 Å². The summed E-state index contributed by atoms with van der Waals surface area (Å²) < 4.78 is 15.1. The van der Waals surface area contributed by atoms with Gasteiger partial charge in [0.05, 0.1) is 5.56 Å². The van der Waals surface area contributed by atoms with Crippen molar-refractivity contribution in [2.75, 3.05) is 0 Å². The van der Waals surface area contributed by atoms with Gasteiger partial charge in [0.15, 0.2) is 0 Å². The summed E-state index contributed by atoms with van der Waals surface area (Å²) in [5.74, 6) is 5.71. The maximum absolute atomic E-state index is 15.1. The highest BCUT2D eigenvalue weighted by molar-refractivity contribution is 6.30. The summed E-state index contributed by atoms with van der Waals surface area (Å²) in [7, 11) is 0. The minimum Gasteiger partial charge on any atom is -0.205 e. The second-order valence-electron chi connectivity index (χ2n) is 9.22. The molecule has 0 aliphatic carbocycles. The molecule has 0 radical (unpaired) electrons. The third-order valence-electron chi connectivity index (χ3n) is 6.50. The average Bonchev–Trinajstić information content (AvgIpc) is 2.88. The highest BCUT2D eigenvalue weighted by atomic mass is 35.5. The van der Waals surface area contributed by atoms with Crippen LogP contribution in [-0.2, 0) is 19.3 Å². The topological polar surface area (TPSA) is 0 Å². The first-order valence-electron chi connectivity index (χ1n) is 12.7. The Labute approximate surface area is 214 Å². The van der Waals surface area contributed by atoms with Crippen molar-refractivity contribution in [2.24, 2.45) is 0 Å². The van der Waals surface area contributed by atoms with Crippen molar-refractivity contribution in [1.82, 2.24) is 0 Å². The van der Waals surface area contributed by atoms with Crippen LogP contribution in [-0.4, -0.2) is 0 Å². The number of unbranched alkanes of at least 4 members (excludes halogenated alkanes) is 4. The lowest BCUT2D eigenvalue weighted by molar-refractivity contribution is 0.632. The van der Waals surface area contributed by atoms with E-state index in [-0.39, 0.29) is 5.82 Å². The van der Waals surface area contributed by atoms with E-state index in [0.717, 1.165) is 23.8 Å². The largest absolute Gasteiger partial charge is 0.205 e.